The molecule has 0 bridgehead atoms. The fourth-order valence-corrected chi connectivity index (χ4v) is 3.50. The molecule has 0 unspecified atom stereocenters. The molecule has 0 radical (unpaired) electrons. The Kier molecular flexibility index (Phi) is 15.1. The largest absolute Gasteiger partial charge is 0.396 e. The summed E-state index contributed by atoms with van der Waals surface area (Å²) in [5.41, 5.74) is 4.47. The van der Waals surface area contributed by atoms with Gasteiger partial charge in [-0.3, -0.25) is 9.59 Å². The van der Waals surface area contributed by atoms with Crippen LogP contribution in [0.4, 0.5) is 0 Å². The van der Waals surface area contributed by atoms with Gasteiger partial charge in [0, 0.05) is 40.2 Å². The lowest BCUT2D eigenvalue weighted by Gasteiger charge is -2.27. The molecule has 2 fully saturated rings. The quantitative estimate of drug-likeness (QED) is 0.482. The highest BCUT2D eigenvalue weighted by molar-refractivity contribution is 5.72. The molecule has 2 saturated carbocycles. The Morgan fingerprint density at radius 1 is 0.741 bits per heavy atom. The zero-order valence-electron chi connectivity index (χ0n) is 17.0. The Bertz CT molecular complexity index is 374. The number of aliphatic hydroxyl groups is 3. The molecule has 6 N–H and O–H groups in total. The predicted molar refractivity (Wildman–Crippen MR) is 106 cm³/mol. The van der Waals surface area contributed by atoms with E-state index in [1.807, 2.05) is 0 Å². The van der Waals surface area contributed by atoms with Crippen LogP contribution in [0.1, 0.15) is 65.2 Å². The van der Waals surface area contributed by atoms with Crippen molar-refractivity contribution in [1.29, 1.82) is 0 Å². The number of nitrogens with one attached hydrogen (secondary N) is 1. The Labute approximate surface area is 163 Å². The van der Waals surface area contributed by atoms with E-state index in [0.29, 0.717) is 43.5 Å². The Morgan fingerprint density at radius 3 is 1.22 bits per heavy atom. The van der Waals surface area contributed by atoms with Crippen LogP contribution in [-0.2, 0) is 9.59 Å². The summed E-state index contributed by atoms with van der Waals surface area (Å²) in [7, 11) is 0. The molecule has 0 heterocycles. The summed E-state index contributed by atoms with van der Waals surface area (Å²) in [6.45, 7) is 4.66. The molecule has 0 aliphatic heterocycles. The summed E-state index contributed by atoms with van der Waals surface area (Å²) in [5.74, 6) is 1.90. The van der Waals surface area contributed by atoms with Crippen molar-refractivity contribution in [3.8, 4) is 0 Å². The second-order valence-electron chi connectivity index (χ2n) is 7.87. The van der Waals surface area contributed by atoms with Crippen LogP contribution in [-0.4, -0.2) is 53.5 Å². The number of nitrogens with two attached hydrogens (primary N) is 1. The first kappa shape index (κ1) is 25.8. The van der Waals surface area contributed by atoms with Gasteiger partial charge in [0.25, 0.3) is 0 Å². The number of amides is 2. The zero-order valence-corrected chi connectivity index (χ0v) is 17.0. The first-order valence-electron chi connectivity index (χ1n) is 10.1. The van der Waals surface area contributed by atoms with E-state index in [9.17, 15) is 9.59 Å². The first-order chi connectivity index (χ1) is 12.8. The maximum atomic E-state index is 10.7. The van der Waals surface area contributed by atoms with Gasteiger partial charge >= 0.3 is 0 Å². The highest BCUT2D eigenvalue weighted by atomic mass is 16.3. The van der Waals surface area contributed by atoms with Crippen molar-refractivity contribution in [3.05, 3.63) is 0 Å². The molecule has 160 valence electrons. The molecular formula is C20H40N2O5. The fourth-order valence-electron chi connectivity index (χ4n) is 3.50. The lowest BCUT2D eigenvalue weighted by atomic mass is 9.82. The van der Waals surface area contributed by atoms with E-state index in [-0.39, 0.29) is 11.8 Å². The van der Waals surface area contributed by atoms with Gasteiger partial charge in [-0.2, -0.15) is 0 Å². The van der Waals surface area contributed by atoms with Crippen molar-refractivity contribution in [3.63, 3.8) is 0 Å². The van der Waals surface area contributed by atoms with Gasteiger partial charge in [0.2, 0.25) is 11.8 Å². The maximum Gasteiger partial charge on any atom is 0.216 e. The number of carbonyl (C=O) groups excluding carboxylic acids is 2. The van der Waals surface area contributed by atoms with Crippen LogP contribution in [0.5, 0.6) is 0 Å². The molecule has 0 aromatic heterocycles. The Morgan fingerprint density at radius 2 is 1.00 bits per heavy atom. The van der Waals surface area contributed by atoms with Crippen molar-refractivity contribution in [2.45, 2.75) is 65.2 Å². The highest BCUT2D eigenvalue weighted by Crippen LogP contribution is 2.28. The van der Waals surface area contributed by atoms with E-state index in [2.05, 4.69) is 11.1 Å². The molecule has 2 aliphatic rings. The SMILES string of the molecule is CC(=O)NCC1CCC(CO)CC1.CC(N)=O.OCC1CCC(CO)CC1. The molecule has 27 heavy (non-hydrogen) atoms. The standard InChI is InChI=1S/C10H19NO2.C8H16O2.C2H5NO/c1-8(13)11-6-9-2-4-10(7-12)5-3-9;9-5-7-1-2-8(6-10)4-3-7;1-2(3)4/h9-10,12H,2-7H2,1H3,(H,11,13);7-10H,1-6H2;1H3,(H2,3,4). The van der Waals surface area contributed by atoms with E-state index < -0.39 is 0 Å². The number of primary amides is 1. The highest BCUT2D eigenvalue weighted by Gasteiger charge is 2.20. The van der Waals surface area contributed by atoms with Crippen LogP contribution in [0.2, 0.25) is 0 Å². The van der Waals surface area contributed by atoms with Crippen LogP contribution in [0.25, 0.3) is 0 Å². The second-order valence-corrected chi connectivity index (χ2v) is 7.87. The summed E-state index contributed by atoms with van der Waals surface area (Å²) in [6, 6.07) is 0. The predicted octanol–water partition coefficient (Wildman–Crippen LogP) is 1.19. The minimum atomic E-state index is -0.333. The monoisotopic (exact) mass is 388 g/mol. The molecule has 7 heteroatoms. The molecule has 0 saturated heterocycles. The summed E-state index contributed by atoms with van der Waals surface area (Å²) in [5, 5.41) is 29.3. The average molecular weight is 389 g/mol. The fraction of sp³-hybridized carbons (Fsp3) is 0.900. The van der Waals surface area contributed by atoms with Gasteiger partial charge in [0.15, 0.2) is 0 Å². The van der Waals surface area contributed by atoms with Crippen LogP contribution < -0.4 is 11.1 Å². The van der Waals surface area contributed by atoms with E-state index >= 15 is 0 Å². The molecule has 2 rings (SSSR count). The molecule has 7 nitrogen and oxygen atoms in total. The van der Waals surface area contributed by atoms with E-state index in [4.69, 9.17) is 15.3 Å². The third-order valence-electron chi connectivity index (χ3n) is 5.35. The lowest BCUT2D eigenvalue weighted by Crippen LogP contribution is -2.30. The number of carbonyl (C=O) groups is 2. The number of hydrogen-bond donors (Lipinski definition) is 5. The number of hydrogen-bond acceptors (Lipinski definition) is 5. The maximum absolute atomic E-state index is 10.7. The minimum absolute atomic E-state index is 0.0595. The van der Waals surface area contributed by atoms with Crippen LogP contribution >= 0.6 is 0 Å². The summed E-state index contributed by atoms with van der Waals surface area (Å²) >= 11 is 0. The second kappa shape index (κ2) is 15.8. The molecule has 2 aliphatic carbocycles. The van der Waals surface area contributed by atoms with Gasteiger partial charge in [-0.25, -0.2) is 0 Å². The van der Waals surface area contributed by atoms with Gasteiger partial charge in [-0.05, 0) is 75.0 Å². The topological polar surface area (TPSA) is 133 Å². The summed E-state index contributed by atoms with van der Waals surface area (Å²) < 4.78 is 0. The van der Waals surface area contributed by atoms with Crippen molar-refractivity contribution < 1.29 is 24.9 Å². The van der Waals surface area contributed by atoms with Crippen molar-refractivity contribution in [1.82, 2.24) is 5.32 Å². The summed E-state index contributed by atoms with van der Waals surface area (Å²) in [6.07, 6.45) is 8.91. The molecule has 0 atom stereocenters. The van der Waals surface area contributed by atoms with Gasteiger partial charge in [-0.15, -0.1) is 0 Å². The van der Waals surface area contributed by atoms with E-state index in [1.165, 1.54) is 6.92 Å². The summed E-state index contributed by atoms with van der Waals surface area (Å²) in [4.78, 5) is 19.9. The smallest absolute Gasteiger partial charge is 0.216 e. The third-order valence-corrected chi connectivity index (χ3v) is 5.35. The molecule has 2 amide bonds. The normalized spacial score (nSPS) is 27.3. The van der Waals surface area contributed by atoms with E-state index in [0.717, 1.165) is 57.9 Å². The van der Waals surface area contributed by atoms with Crippen molar-refractivity contribution in [2.75, 3.05) is 26.4 Å². The number of aliphatic hydroxyl groups excluding tert-OH is 3. The molecular weight excluding hydrogens is 348 g/mol. The van der Waals surface area contributed by atoms with Gasteiger partial charge < -0.3 is 26.4 Å². The van der Waals surface area contributed by atoms with Crippen LogP contribution in [0.3, 0.4) is 0 Å². The Hall–Kier alpha value is -1.18. The molecule has 0 spiro atoms. The average Bonchev–Trinajstić information content (AvgIpc) is 2.67. The van der Waals surface area contributed by atoms with Crippen molar-refractivity contribution >= 4 is 11.8 Å². The van der Waals surface area contributed by atoms with Crippen LogP contribution in [0, 0.1) is 23.7 Å². The first-order valence-corrected chi connectivity index (χ1v) is 10.1. The molecule has 0 aromatic carbocycles. The minimum Gasteiger partial charge on any atom is -0.396 e. The lowest BCUT2D eigenvalue weighted by molar-refractivity contribution is -0.119. The van der Waals surface area contributed by atoms with Gasteiger partial charge in [0.05, 0.1) is 0 Å². The van der Waals surface area contributed by atoms with Gasteiger partial charge in [0.1, 0.15) is 0 Å². The third kappa shape index (κ3) is 14.5. The van der Waals surface area contributed by atoms with Crippen LogP contribution in [0.15, 0.2) is 0 Å². The molecule has 0 aromatic rings. The van der Waals surface area contributed by atoms with Crippen molar-refractivity contribution in [2.24, 2.45) is 29.4 Å². The number of rotatable bonds is 5. The zero-order chi connectivity index (χ0) is 20.7. The Balaban J connectivity index is 0.000000428. The van der Waals surface area contributed by atoms with E-state index in [1.54, 1.807) is 6.92 Å². The van der Waals surface area contributed by atoms with Gasteiger partial charge in [-0.1, -0.05) is 0 Å².